The maximum Gasteiger partial charge on any atom is 0.188 e. The van der Waals surface area contributed by atoms with Crippen molar-refractivity contribution in [3.63, 3.8) is 0 Å². The monoisotopic (exact) mass is 364 g/mol. The fraction of sp³-hybridized carbons (Fsp3) is 0.217. The fourth-order valence-corrected chi connectivity index (χ4v) is 3.04. The molecule has 0 unspecified atom stereocenters. The summed E-state index contributed by atoms with van der Waals surface area (Å²) in [6.45, 7) is 14.2. The van der Waals surface area contributed by atoms with Crippen LogP contribution < -0.4 is 0 Å². The Hall–Kier alpha value is -3.14. The normalized spacial score (nSPS) is 11.1. The number of allylic oxidation sites excluding steroid dienone is 2. The first-order chi connectivity index (χ1) is 12.5. The number of phenols is 2. The van der Waals surface area contributed by atoms with Gasteiger partial charge in [-0.2, -0.15) is 0 Å². The summed E-state index contributed by atoms with van der Waals surface area (Å²) in [5.74, 6) is -0.567. The average molecular weight is 364 g/mol. The first-order valence-electron chi connectivity index (χ1n) is 8.54. The molecule has 4 nitrogen and oxygen atoms in total. The predicted molar refractivity (Wildman–Crippen MR) is 107 cm³/mol. The summed E-state index contributed by atoms with van der Waals surface area (Å²) < 4.78 is 0. The predicted octanol–water partition coefficient (Wildman–Crippen LogP) is 4.94. The van der Waals surface area contributed by atoms with Gasteiger partial charge in [-0.1, -0.05) is 51.3 Å². The summed E-state index contributed by atoms with van der Waals surface area (Å²) in [6.07, 6.45) is 0. The van der Waals surface area contributed by atoms with E-state index in [4.69, 9.17) is 0 Å². The molecule has 0 radical (unpaired) electrons. The van der Waals surface area contributed by atoms with E-state index in [1.54, 1.807) is 38.1 Å². The molecule has 2 aromatic rings. The van der Waals surface area contributed by atoms with Crippen molar-refractivity contribution >= 4 is 11.6 Å². The second-order valence-corrected chi connectivity index (χ2v) is 7.31. The molecule has 0 heterocycles. The average Bonchev–Trinajstić information content (AvgIpc) is 2.59. The van der Waals surface area contributed by atoms with Crippen molar-refractivity contribution in [3.05, 3.63) is 83.0 Å². The van der Waals surface area contributed by atoms with E-state index in [9.17, 15) is 19.8 Å². The van der Waals surface area contributed by atoms with Gasteiger partial charge in [0.05, 0.1) is 0 Å². The Labute approximate surface area is 159 Å². The van der Waals surface area contributed by atoms with E-state index in [0.717, 1.165) is 0 Å². The van der Waals surface area contributed by atoms with Gasteiger partial charge in [-0.25, -0.2) is 0 Å². The first kappa shape index (κ1) is 20.2. The molecule has 0 saturated heterocycles. The summed E-state index contributed by atoms with van der Waals surface area (Å²) in [7, 11) is 0. The lowest BCUT2D eigenvalue weighted by Crippen LogP contribution is -2.20. The molecule has 0 atom stereocenters. The van der Waals surface area contributed by atoms with Gasteiger partial charge in [-0.05, 0) is 37.1 Å². The van der Waals surface area contributed by atoms with Gasteiger partial charge in [0, 0.05) is 27.7 Å². The maximum absolute atomic E-state index is 12.0. The van der Waals surface area contributed by atoms with Crippen LogP contribution in [0.5, 0.6) is 11.5 Å². The second kappa shape index (κ2) is 7.23. The van der Waals surface area contributed by atoms with Gasteiger partial charge in [0.2, 0.25) is 0 Å². The number of ketones is 2. The largest absolute Gasteiger partial charge is 0.508 e. The van der Waals surface area contributed by atoms with E-state index >= 15 is 0 Å². The molecule has 2 aromatic carbocycles. The van der Waals surface area contributed by atoms with E-state index in [0.29, 0.717) is 33.4 Å². The molecule has 0 bridgehead atoms. The summed E-state index contributed by atoms with van der Waals surface area (Å²) >= 11 is 0. The topological polar surface area (TPSA) is 74.6 Å². The quantitative estimate of drug-likeness (QED) is 0.562. The lowest BCUT2D eigenvalue weighted by Gasteiger charge is -2.28. The number of hydrogen-bond acceptors (Lipinski definition) is 4. The Morgan fingerprint density at radius 1 is 0.778 bits per heavy atom. The molecule has 27 heavy (non-hydrogen) atoms. The molecule has 140 valence electrons. The number of aromatic hydroxyl groups is 2. The Morgan fingerprint density at radius 2 is 1.11 bits per heavy atom. The van der Waals surface area contributed by atoms with Crippen molar-refractivity contribution in [2.45, 2.75) is 33.1 Å². The number of carbonyl (C=O) groups is 2. The third kappa shape index (κ3) is 3.85. The van der Waals surface area contributed by atoms with E-state index in [1.165, 1.54) is 12.1 Å². The number of rotatable bonds is 6. The third-order valence-corrected chi connectivity index (χ3v) is 4.64. The van der Waals surface area contributed by atoms with Crippen molar-refractivity contribution in [2.24, 2.45) is 0 Å². The highest BCUT2D eigenvalue weighted by Crippen LogP contribution is 2.41. The van der Waals surface area contributed by atoms with Crippen molar-refractivity contribution in [2.75, 3.05) is 0 Å². The van der Waals surface area contributed by atoms with Gasteiger partial charge in [0.25, 0.3) is 0 Å². The number of benzene rings is 2. The van der Waals surface area contributed by atoms with Crippen molar-refractivity contribution < 1.29 is 19.8 Å². The summed E-state index contributed by atoms with van der Waals surface area (Å²) in [5, 5.41) is 21.0. The van der Waals surface area contributed by atoms with Gasteiger partial charge in [-0.15, -0.1) is 0 Å². The molecular weight excluding hydrogens is 340 g/mol. The molecule has 0 fully saturated rings. The molecule has 0 amide bonds. The smallest absolute Gasteiger partial charge is 0.188 e. The number of Topliss-reactive ketones (excluding diaryl/α,β-unsaturated/α-hetero) is 2. The van der Waals surface area contributed by atoms with Crippen LogP contribution in [0, 0.1) is 0 Å². The van der Waals surface area contributed by atoms with Gasteiger partial charge in [0.15, 0.2) is 11.6 Å². The molecule has 0 spiro atoms. The Kier molecular flexibility index (Phi) is 5.41. The summed E-state index contributed by atoms with van der Waals surface area (Å²) in [5.41, 5.74) is 1.82. The van der Waals surface area contributed by atoms with Crippen molar-refractivity contribution in [1.82, 2.24) is 0 Å². The van der Waals surface area contributed by atoms with Crippen LogP contribution in [0.15, 0.2) is 60.7 Å². The van der Waals surface area contributed by atoms with Crippen LogP contribution in [-0.4, -0.2) is 21.8 Å². The SMILES string of the molecule is C=C(C)C(=O)c1ccc(C(C)(C)c2ccc(C(=O)C(=C)C)cc2O)c(O)c1. The van der Waals surface area contributed by atoms with Crippen molar-refractivity contribution in [3.8, 4) is 11.5 Å². The minimum atomic E-state index is -0.760. The minimum absolute atomic E-state index is 0.0476. The Balaban J connectivity index is 2.49. The zero-order valence-electron chi connectivity index (χ0n) is 16.1. The van der Waals surface area contributed by atoms with E-state index < -0.39 is 5.41 Å². The van der Waals surface area contributed by atoms with Gasteiger partial charge in [0.1, 0.15) is 11.5 Å². The number of phenolic OH excluding ortho intramolecular Hbond substituents is 2. The molecule has 0 aromatic heterocycles. The standard InChI is InChI=1S/C23H24O4/c1-13(2)21(26)15-7-9-17(19(24)11-15)23(5,6)18-10-8-16(12-20(18)25)22(27)14(3)4/h7-12,24-25H,1,3H2,2,4-6H3. The van der Waals surface area contributed by atoms with E-state index in [1.807, 2.05) is 13.8 Å². The molecule has 0 aliphatic carbocycles. The zero-order valence-corrected chi connectivity index (χ0v) is 16.1. The Bertz CT molecular complexity index is 887. The van der Waals surface area contributed by atoms with Crippen LogP contribution in [0.25, 0.3) is 0 Å². The first-order valence-corrected chi connectivity index (χ1v) is 8.54. The highest BCUT2D eigenvalue weighted by molar-refractivity contribution is 6.08. The molecule has 4 heteroatoms. The highest BCUT2D eigenvalue weighted by atomic mass is 16.3. The molecule has 0 aliphatic rings. The Morgan fingerprint density at radius 3 is 1.37 bits per heavy atom. The number of hydrogen-bond donors (Lipinski definition) is 2. The van der Waals surface area contributed by atoms with Gasteiger partial charge in [-0.3, -0.25) is 9.59 Å². The summed E-state index contributed by atoms with van der Waals surface area (Å²) in [4.78, 5) is 24.1. The van der Waals surface area contributed by atoms with Gasteiger partial charge >= 0.3 is 0 Å². The second-order valence-electron chi connectivity index (χ2n) is 7.31. The van der Waals surface area contributed by atoms with Crippen molar-refractivity contribution in [1.29, 1.82) is 0 Å². The lowest BCUT2D eigenvalue weighted by molar-refractivity contribution is 0.102. The maximum atomic E-state index is 12.0. The highest BCUT2D eigenvalue weighted by Gasteiger charge is 2.30. The fourth-order valence-electron chi connectivity index (χ4n) is 3.04. The minimum Gasteiger partial charge on any atom is -0.508 e. The van der Waals surface area contributed by atoms with Gasteiger partial charge < -0.3 is 10.2 Å². The molecule has 2 rings (SSSR count). The third-order valence-electron chi connectivity index (χ3n) is 4.64. The number of carbonyl (C=O) groups excluding carboxylic acids is 2. The summed E-state index contributed by atoms with van der Waals surface area (Å²) in [6, 6.07) is 9.40. The molecule has 2 N–H and O–H groups in total. The van der Waals surface area contributed by atoms with Crippen LogP contribution in [-0.2, 0) is 5.41 Å². The van der Waals surface area contributed by atoms with Crippen LogP contribution in [0.1, 0.15) is 59.5 Å². The molecule has 0 saturated carbocycles. The van der Waals surface area contributed by atoms with E-state index in [2.05, 4.69) is 13.2 Å². The van der Waals surface area contributed by atoms with E-state index in [-0.39, 0.29) is 23.1 Å². The zero-order chi connectivity index (χ0) is 20.5. The molecule has 0 aliphatic heterocycles. The lowest BCUT2D eigenvalue weighted by atomic mass is 9.76. The van der Waals surface area contributed by atoms with Crippen LogP contribution in [0.3, 0.4) is 0 Å². The van der Waals surface area contributed by atoms with Crippen LogP contribution in [0.2, 0.25) is 0 Å². The molecular formula is C23H24O4. The van der Waals surface area contributed by atoms with Crippen LogP contribution in [0.4, 0.5) is 0 Å². The van der Waals surface area contributed by atoms with Crippen LogP contribution >= 0.6 is 0 Å².